The Morgan fingerprint density at radius 2 is 2.00 bits per heavy atom. The molecule has 1 nitrogen and oxygen atoms in total. The predicted octanol–water partition coefficient (Wildman–Crippen LogP) is 4.54. The molecule has 1 N–H and O–H groups in total. The molecule has 1 fully saturated rings. The van der Waals surface area contributed by atoms with Crippen LogP contribution in [0.2, 0.25) is 5.02 Å². The van der Waals surface area contributed by atoms with E-state index in [4.69, 9.17) is 11.6 Å². The summed E-state index contributed by atoms with van der Waals surface area (Å²) < 4.78 is 0.697. The van der Waals surface area contributed by atoms with Crippen LogP contribution >= 0.6 is 27.5 Å². The van der Waals surface area contributed by atoms with Gasteiger partial charge in [0.05, 0.1) is 4.47 Å². The van der Waals surface area contributed by atoms with Crippen LogP contribution < -0.4 is 0 Å². The predicted molar refractivity (Wildman–Crippen MR) is 66.5 cm³/mol. The Bertz CT molecular complexity index is 359. The summed E-state index contributed by atoms with van der Waals surface area (Å²) in [6.45, 7) is 0. The second-order valence-electron chi connectivity index (χ2n) is 4.25. The summed E-state index contributed by atoms with van der Waals surface area (Å²) in [6.07, 6.45) is 6.17. The lowest BCUT2D eigenvalue weighted by molar-refractivity contribution is 0.452. The number of hydrogen-bond donors (Lipinski definition) is 1. The maximum atomic E-state index is 9.88. The fourth-order valence-electron chi connectivity index (χ4n) is 2.30. The van der Waals surface area contributed by atoms with E-state index in [1.165, 1.54) is 25.7 Å². The molecule has 0 unspecified atom stereocenters. The molecular weight excluding hydrogens is 275 g/mol. The third-order valence-corrected chi connectivity index (χ3v) is 3.91. The molecule has 0 atom stereocenters. The first-order valence-corrected chi connectivity index (χ1v) is 6.51. The van der Waals surface area contributed by atoms with Gasteiger partial charge in [-0.15, -0.1) is 0 Å². The van der Waals surface area contributed by atoms with Crippen LogP contribution in [0.25, 0.3) is 0 Å². The third-order valence-electron chi connectivity index (χ3n) is 3.09. The molecule has 1 saturated carbocycles. The smallest absolute Gasteiger partial charge is 0.133 e. The van der Waals surface area contributed by atoms with Crippen LogP contribution in [0.15, 0.2) is 16.6 Å². The van der Waals surface area contributed by atoms with Gasteiger partial charge < -0.3 is 5.11 Å². The van der Waals surface area contributed by atoms with Crippen molar-refractivity contribution in [2.75, 3.05) is 0 Å². The molecule has 1 aromatic rings. The van der Waals surface area contributed by atoms with Gasteiger partial charge in [0.25, 0.3) is 0 Å². The molecule has 2 rings (SSSR count). The fraction of sp³-hybridized carbons (Fsp3) is 0.500. The van der Waals surface area contributed by atoms with Crippen molar-refractivity contribution in [2.45, 2.75) is 32.1 Å². The molecule has 0 heterocycles. The zero-order chi connectivity index (χ0) is 10.8. The second kappa shape index (κ2) is 4.75. The highest BCUT2D eigenvalue weighted by molar-refractivity contribution is 9.10. The lowest BCUT2D eigenvalue weighted by atomic mass is 9.97. The summed E-state index contributed by atoms with van der Waals surface area (Å²) >= 11 is 9.28. The molecule has 0 aliphatic heterocycles. The van der Waals surface area contributed by atoms with Crippen LogP contribution in [0, 0.1) is 5.92 Å². The van der Waals surface area contributed by atoms with E-state index in [-0.39, 0.29) is 0 Å². The molecule has 1 aliphatic rings. The van der Waals surface area contributed by atoms with Crippen molar-refractivity contribution in [3.63, 3.8) is 0 Å². The second-order valence-corrected chi connectivity index (χ2v) is 5.54. The van der Waals surface area contributed by atoms with E-state index >= 15 is 0 Å². The molecule has 1 aliphatic carbocycles. The van der Waals surface area contributed by atoms with Gasteiger partial charge in [0, 0.05) is 5.02 Å². The van der Waals surface area contributed by atoms with Gasteiger partial charge in [-0.25, -0.2) is 0 Å². The fourth-order valence-corrected chi connectivity index (χ4v) is 3.17. The molecule has 15 heavy (non-hydrogen) atoms. The monoisotopic (exact) mass is 288 g/mol. The number of phenolic OH excluding ortho intramolecular Hbond substituents is 1. The zero-order valence-electron chi connectivity index (χ0n) is 8.47. The first-order chi connectivity index (χ1) is 7.16. The molecule has 0 amide bonds. The molecule has 3 heteroatoms. The van der Waals surface area contributed by atoms with Gasteiger partial charge >= 0.3 is 0 Å². The van der Waals surface area contributed by atoms with E-state index in [0.717, 1.165) is 17.9 Å². The summed E-state index contributed by atoms with van der Waals surface area (Å²) in [5.41, 5.74) is 0.973. The van der Waals surface area contributed by atoms with E-state index in [1.807, 2.05) is 6.07 Å². The number of hydrogen-bond acceptors (Lipinski definition) is 1. The van der Waals surface area contributed by atoms with Crippen molar-refractivity contribution in [1.29, 1.82) is 0 Å². The molecule has 0 saturated heterocycles. The zero-order valence-corrected chi connectivity index (χ0v) is 10.8. The molecule has 0 bridgehead atoms. The van der Waals surface area contributed by atoms with Crippen LogP contribution in [0.1, 0.15) is 31.2 Å². The quantitative estimate of drug-likeness (QED) is 0.847. The number of phenols is 1. The highest BCUT2D eigenvalue weighted by Gasteiger charge is 2.18. The van der Waals surface area contributed by atoms with Crippen LogP contribution in [-0.2, 0) is 6.42 Å². The Labute approximate surface area is 104 Å². The summed E-state index contributed by atoms with van der Waals surface area (Å²) in [6, 6.07) is 3.61. The van der Waals surface area contributed by atoms with Crippen LogP contribution in [-0.4, -0.2) is 5.11 Å². The van der Waals surface area contributed by atoms with Crippen molar-refractivity contribution in [2.24, 2.45) is 5.92 Å². The van der Waals surface area contributed by atoms with Gasteiger partial charge in [0.15, 0.2) is 0 Å². The average molecular weight is 290 g/mol. The first kappa shape index (κ1) is 11.3. The summed E-state index contributed by atoms with van der Waals surface area (Å²) in [5, 5.41) is 10.6. The summed E-state index contributed by atoms with van der Waals surface area (Å²) in [4.78, 5) is 0. The molecule has 1 aromatic carbocycles. The van der Waals surface area contributed by atoms with Crippen molar-refractivity contribution >= 4 is 27.5 Å². The Morgan fingerprint density at radius 1 is 1.33 bits per heavy atom. The highest BCUT2D eigenvalue weighted by Crippen LogP contribution is 2.36. The van der Waals surface area contributed by atoms with Crippen molar-refractivity contribution < 1.29 is 5.11 Å². The van der Waals surface area contributed by atoms with E-state index in [2.05, 4.69) is 15.9 Å². The summed E-state index contributed by atoms with van der Waals surface area (Å²) in [5.74, 6) is 1.08. The lowest BCUT2D eigenvalue weighted by Crippen LogP contribution is -1.99. The summed E-state index contributed by atoms with van der Waals surface area (Å²) in [7, 11) is 0. The van der Waals surface area contributed by atoms with E-state index in [0.29, 0.717) is 15.2 Å². The largest absolute Gasteiger partial charge is 0.506 e. The number of halogens is 2. The Kier molecular flexibility index (Phi) is 3.57. The first-order valence-electron chi connectivity index (χ1n) is 5.33. The van der Waals surface area contributed by atoms with Crippen molar-refractivity contribution in [3.05, 3.63) is 27.2 Å². The topological polar surface area (TPSA) is 20.2 Å². The maximum absolute atomic E-state index is 9.88. The lowest BCUT2D eigenvalue weighted by Gasteiger charge is -2.11. The minimum atomic E-state index is 0.353. The molecule has 0 radical (unpaired) electrons. The SMILES string of the molecule is Oc1c(Br)cc(Cl)cc1CC1CCCC1. The Morgan fingerprint density at radius 3 is 2.67 bits per heavy atom. The number of benzene rings is 1. The van der Waals surface area contributed by atoms with Crippen molar-refractivity contribution in [1.82, 2.24) is 0 Å². The Hall–Kier alpha value is -0.210. The highest BCUT2D eigenvalue weighted by atomic mass is 79.9. The van der Waals surface area contributed by atoms with E-state index in [9.17, 15) is 5.11 Å². The van der Waals surface area contributed by atoms with Crippen LogP contribution in [0.3, 0.4) is 0 Å². The van der Waals surface area contributed by atoms with Crippen LogP contribution in [0.4, 0.5) is 0 Å². The van der Waals surface area contributed by atoms with E-state index in [1.54, 1.807) is 6.07 Å². The molecule has 0 spiro atoms. The normalized spacial score (nSPS) is 17.2. The van der Waals surface area contributed by atoms with Crippen molar-refractivity contribution in [3.8, 4) is 5.75 Å². The van der Waals surface area contributed by atoms with Gasteiger partial charge in [0.2, 0.25) is 0 Å². The number of aromatic hydroxyl groups is 1. The standard InChI is InChI=1S/C12H14BrClO/c13-11-7-10(14)6-9(12(11)15)5-8-3-1-2-4-8/h6-8,15H,1-5H2. The van der Waals surface area contributed by atoms with E-state index < -0.39 is 0 Å². The van der Waals surface area contributed by atoms with Gasteiger partial charge in [-0.3, -0.25) is 0 Å². The molecule has 0 aromatic heterocycles. The number of rotatable bonds is 2. The van der Waals surface area contributed by atoms with Gasteiger partial charge in [-0.2, -0.15) is 0 Å². The Balaban J connectivity index is 2.19. The van der Waals surface area contributed by atoms with Gasteiger partial charge in [-0.1, -0.05) is 37.3 Å². The average Bonchev–Trinajstić information content (AvgIpc) is 2.66. The minimum Gasteiger partial charge on any atom is -0.506 e. The maximum Gasteiger partial charge on any atom is 0.133 e. The van der Waals surface area contributed by atoms with Gasteiger partial charge in [-0.05, 0) is 46.0 Å². The minimum absolute atomic E-state index is 0.353. The third kappa shape index (κ3) is 2.67. The van der Waals surface area contributed by atoms with Crippen LogP contribution in [0.5, 0.6) is 5.75 Å². The molecular formula is C12H14BrClO. The van der Waals surface area contributed by atoms with Gasteiger partial charge in [0.1, 0.15) is 5.75 Å². The molecule has 82 valence electrons.